The standard InChI is InChI=1S/C19H35NO6Si/c1-17(2,3)26-16(22)20-12(11-23-27(9,10)18(4,5)6)13-14(15(20)21)25-19(7,8)24-13/h12-14H,11H2,1-10H3/t12-,13-,14-/m1/s1. The molecule has 2 saturated heterocycles. The van der Waals surface area contributed by atoms with Gasteiger partial charge in [0.05, 0.1) is 12.6 Å². The van der Waals surface area contributed by atoms with Gasteiger partial charge in [-0.25, -0.2) is 9.69 Å². The summed E-state index contributed by atoms with van der Waals surface area (Å²) in [6, 6.07) is -0.576. The number of rotatable bonds is 3. The van der Waals surface area contributed by atoms with Crippen LogP contribution in [0.25, 0.3) is 0 Å². The number of ether oxygens (including phenoxy) is 3. The Bertz CT molecular complexity index is 604. The van der Waals surface area contributed by atoms with Gasteiger partial charge < -0.3 is 18.6 Å². The smallest absolute Gasteiger partial charge is 0.417 e. The van der Waals surface area contributed by atoms with Crippen molar-refractivity contribution in [1.82, 2.24) is 4.90 Å². The molecule has 0 aliphatic carbocycles. The minimum atomic E-state index is -2.07. The van der Waals surface area contributed by atoms with Crippen LogP contribution in [0.4, 0.5) is 4.79 Å². The van der Waals surface area contributed by atoms with Crippen molar-refractivity contribution < 1.29 is 28.2 Å². The summed E-state index contributed by atoms with van der Waals surface area (Å²) in [5.41, 5.74) is -0.707. The van der Waals surface area contributed by atoms with E-state index in [-0.39, 0.29) is 11.6 Å². The van der Waals surface area contributed by atoms with Gasteiger partial charge in [0.15, 0.2) is 20.2 Å². The SMILES string of the molecule is CC(C)(C)OC(=O)N1C(=O)[C@@H]2OC(C)(C)O[C@@H]2[C@H]1CO[Si](C)(C)C(C)(C)C. The summed E-state index contributed by atoms with van der Waals surface area (Å²) in [4.78, 5) is 26.8. The van der Waals surface area contributed by atoms with Crippen molar-refractivity contribution in [3.05, 3.63) is 0 Å². The fourth-order valence-electron chi connectivity index (χ4n) is 2.92. The lowest BCUT2D eigenvalue weighted by Gasteiger charge is -2.38. The molecule has 0 aromatic heterocycles. The molecule has 0 saturated carbocycles. The molecule has 2 aliphatic heterocycles. The fourth-order valence-corrected chi connectivity index (χ4v) is 3.95. The number of hydrogen-bond acceptors (Lipinski definition) is 6. The van der Waals surface area contributed by atoms with Crippen LogP contribution in [-0.2, 0) is 23.4 Å². The molecule has 7 nitrogen and oxygen atoms in total. The second-order valence-corrected chi connectivity index (χ2v) is 15.2. The molecule has 0 N–H and O–H groups in total. The molecule has 0 spiro atoms. The largest absolute Gasteiger partial charge is 0.443 e. The summed E-state index contributed by atoms with van der Waals surface area (Å²) in [7, 11) is -2.07. The van der Waals surface area contributed by atoms with Crippen LogP contribution in [0.3, 0.4) is 0 Å². The molecule has 2 heterocycles. The molecule has 0 aromatic rings. The van der Waals surface area contributed by atoms with Gasteiger partial charge in [0.1, 0.15) is 11.7 Å². The van der Waals surface area contributed by atoms with Crippen LogP contribution in [0.2, 0.25) is 18.1 Å². The molecular formula is C19H35NO6Si. The van der Waals surface area contributed by atoms with E-state index in [2.05, 4.69) is 33.9 Å². The predicted molar refractivity (Wildman–Crippen MR) is 104 cm³/mol. The molecule has 0 unspecified atom stereocenters. The zero-order chi connectivity index (χ0) is 21.0. The minimum Gasteiger partial charge on any atom is -0.443 e. The second kappa shape index (κ2) is 6.83. The van der Waals surface area contributed by atoms with Gasteiger partial charge in [0, 0.05) is 0 Å². The number of carbonyl (C=O) groups excluding carboxylic acids is 2. The second-order valence-electron chi connectivity index (χ2n) is 10.3. The highest BCUT2D eigenvalue weighted by Gasteiger charge is 2.60. The van der Waals surface area contributed by atoms with Gasteiger partial charge in [-0.2, -0.15) is 0 Å². The van der Waals surface area contributed by atoms with Gasteiger partial charge in [0.2, 0.25) is 0 Å². The predicted octanol–water partition coefficient (Wildman–Crippen LogP) is 3.67. The summed E-state index contributed by atoms with van der Waals surface area (Å²) >= 11 is 0. The van der Waals surface area contributed by atoms with Crippen molar-refractivity contribution >= 4 is 20.3 Å². The summed E-state index contributed by atoms with van der Waals surface area (Å²) in [6.45, 7) is 19.7. The first-order chi connectivity index (χ1) is 12.0. The minimum absolute atomic E-state index is 0.0120. The first-order valence-electron chi connectivity index (χ1n) is 9.51. The third-order valence-corrected chi connectivity index (χ3v) is 9.83. The highest BCUT2D eigenvalue weighted by molar-refractivity contribution is 6.74. The summed E-state index contributed by atoms with van der Waals surface area (Å²) in [5.74, 6) is -1.30. The van der Waals surface area contributed by atoms with Crippen molar-refractivity contribution in [2.45, 2.75) is 103 Å². The van der Waals surface area contributed by atoms with E-state index in [1.807, 2.05) is 0 Å². The number of likely N-dealkylation sites (tertiary alicyclic amines) is 1. The molecule has 0 aromatic carbocycles. The molecule has 8 heteroatoms. The van der Waals surface area contributed by atoms with Gasteiger partial charge in [-0.3, -0.25) is 4.79 Å². The molecule has 156 valence electrons. The monoisotopic (exact) mass is 401 g/mol. The molecule has 2 aliphatic rings. The van der Waals surface area contributed by atoms with Crippen LogP contribution < -0.4 is 0 Å². The number of amides is 2. The van der Waals surface area contributed by atoms with Crippen molar-refractivity contribution in [3.8, 4) is 0 Å². The Morgan fingerprint density at radius 2 is 1.70 bits per heavy atom. The average molecular weight is 402 g/mol. The van der Waals surface area contributed by atoms with Crippen LogP contribution in [-0.4, -0.2) is 61.5 Å². The first-order valence-corrected chi connectivity index (χ1v) is 12.4. The first kappa shape index (κ1) is 22.3. The normalized spacial score (nSPS) is 28.4. The summed E-state index contributed by atoms with van der Waals surface area (Å²) < 4.78 is 23.5. The van der Waals surface area contributed by atoms with Crippen LogP contribution in [0.5, 0.6) is 0 Å². The van der Waals surface area contributed by atoms with E-state index in [4.69, 9.17) is 18.6 Å². The average Bonchev–Trinajstić information content (AvgIpc) is 2.86. The van der Waals surface area contributed by atoms with Crippen LogP contribution in [0.15, 0.2) is 0 Å². The Morgan fingerprint density at radius 1 is 1.15 bits per heavy atom. The number of imide groups is 1. The highest BCUT2D eigenvalue weighted by atomic mass is 28.4. The van der Waals surface area contributed by atoms with E-state index in [1.54, 1.807) is 34.6 Å². The molecule has 0 bridgehead atoms. The Kier molecular flexibility index (Phi) is 5.64. The topological polar surface area (TPSA) is 74.3 Å². The maximum atomic E-state index is 12.9. The lowest BCUT2D eigenvalue weighted by molar-refractivity contribution is -0.172. The number of fused-ring (bicyclic) bond motifs is 1. The maximum absolute atomic E-state index is 12.9. The van der Waals surface area contributed by atoms with E-state index in [0.29, 0.717) is 0 Å². The fraction of sp³-hybridized carbons (Fsp3) is 0.895. The molecule has 27 heavy (non-hydrogen) atoms. The Morgan fingerprint density at radius 3 is 2.19 bits per heavy atom. The summed E-state index contributed by atoms with van der Waals surface area (Å²) in [5, 5.41) is 0.0120. The molecule has 2 fully saturated rings. The number of hydrogen-bond donors (Lipinski definition) is 0. The molecule has 2 amide bonds. The van der Waals surface area contributed by atoms with E-state index in [1.165, 1.54) is 0 Å². The third-order valence-electron chi connectivity index (χ3n) is 5.33. The Labute approximate surface area is 163 Å². The summed E-state index contributed by atoms with van der Waals surface area (Å²) in [6.07, 6.45) is -2.07. The quantitative estimate of drug-likeness (QED) is 0.672. The van der Waals surface area contributed by atoms with Crippen molar-refractivity contribution in [1.29, 1.82) is 0 Å². The third kappa shape index (κ3) is 4.72. The zero-order valence-corrected chi connectivity index (χ0v) is 19.3. The highest BCUT2D eigenvalue weighted by Crippen LogP contribution is 2.41. The van der Waals surface area contributed by atoms with Crippen LogP contribution in [0, 0.1) is 0 Å². The van der Waals surface area contributed by atoms with Crippen LogP contribution in [0.1, 0.15) is 55.4 Å². The molecule has 0 radical (unpaired) electrons. The maximum Gasteiger partial charge on any atom is 0.417 e. The van der Waals surface area contributed by atoms with Gasteiger partial charge in [-0.15, -0.1) is 0 Å². The van der Waals surface area contributed by atoms with Gasteiger partial charge in [-0.05, 0) is 52.8 Å². The molecule has 3 atom stereocenters. The van der Waals surface area contributed by atoms with Crippen molar-refractivity contribution in [2.24, 2.45) is 0 Å². The lowest BCUT2D eigenvalue weighted by atomic mass is 10.1. The van der Waals surface area contributed by atoms with E-state index in [9.17, 15) is 9.59 Å². The zero-order valence-electron chi connectivity index (χ0n) is 18.3. The van der Waals surface area contributed by atoms with E-state index < -0.39 is 50.0 Å². The molecule has 2 rings (SSSR count). The number of nitrogens with zero attached hydrogens (tertiary/aromatic N) is 1. The van der Waals surface area contributed by atoms with Gasteiger partial charge in [-0.1, -0.05) is 20.8 Å². The number of carbonyl (C=O) groups is 2. The van der Waals surface area contributed by atoms with Crippen molar-refractivity contribution in [3.63, 3.8) is 0 Å². The van der Waals surface area contributed by atoms with Crippen LogP contribution >= 0.6 is 0 Å². The van der Waals surface area contributed by atoms with Gasteiger partial charge in [0.25, 0.3) is 5.91 Å². The van der Waals surface area contributed by atoms with E-state index in [0.717, 1.165) is 4.90 Å². The van der Waals surface area contributed by atoms with E-state index >= 15 is 0 Å². The Balaban J connectivity index is 2.27. The Hall–Kier alpha value is -0.963. The molecular weight excluding hydrogens is 366 g/mol. The van der Waals surface area contributed by atoms with Crippen molar-refractivity contribution in [2.75, 3.05) is 6.61 Å². The van der Waals surface area contributed by atoms with Gasteiger partial charge >= 0.3 is 6.09 Å². The lowest BCUT2D eigenvalue weighted by Crippen LogP contribution is -2.51.